The van der Waals surface area contributed by atoms with Gasteiger partial charge in [-0.15, -0.1) is 0 Å². The summed E-state index contributed by atoms with van der Waals surface area (Å²) in [6, 6.07) is 39.6. The molecule has 4 nitrogen and oxygen atoms in total. The van der Waals surface area contributed by atoms with Crippen LogP contribution in [0.4, 0.5) is 0 Å². The number of esters is 1. The number of thiocarbonyl (C=S) groups is 1. The van der Waals surface area contributed by atoms with Crippen LogP contribution in [0, 0.1) is 0 Å². The van der Waals surface area contributed by atoms with Crippen LogP contribution in [-0.2, 0) is 30.9 Å². The van der Waals surface area contributed by atoms with E-state index >= 15 is 0 Å². The highest BCUT2D eigenvalue weighted by Crippen LogP contribution is 2.34. The monoisotopic (exact) mass is 544 g/mol. The van der Waals surface area contributed by atoms with E-state index in [1.165, 1.54) is 7.11 Å². The van der Waals surface area contributed by atoms with Crippen LogP contribution in [-0.4, -0.2) is 35.5 Å². The minimum atomic E-state index is -1.36. The Morgan fingerprint density at radius 1 is 0.737 bits per heavy atom. The second kappa shape index (κ2) is 14.5. The van der Waals surface area contributed by atoms with E-state index in [1.807, 2.05) is 97.1 Å². The molecule has 0 bridgehead atoms. The smallest absolute Gasteiger partial charge is 0.356 e. The van der Waals surface area contributed by atoms with Gasteiger partial charge in [0.15, 0.2) is 10.3 Å². The van der Waals surface area contributed by atoms with Crippen molar-refractivity contribution in [2.24, 2.45) is 0 Å². The van der Waals surface area contributed by atoms with Crippen molar-refractivity contribution in [2.75, 3.05) is 20.0 Å². The molecule has 0 aromatic heterocycles. The topological polar surface area (TPSA) is 58.6 Å². The Kier molecular flexibility index (Phi) is 11.1. The molecule has 0 heterocycles. The van der Waals surface area contributed by atoms with Gasteiger partial charge in [-0.3, -0.25) is 0 Å². The first-order valence-corrected chi connectivity index (χ1v) is 13.9. The predicted octanol–water partition coefficient (Wildman–Crippen LogP) is 6.66. The lowest BCUT2D eigenvalue weighted by molar-refractivity contribution is -0.137. The number of carbonyl (C=O) groups is 1. The molecule has 0 saturated heterocycles. The summed E-state index contributed by atoms with van der Waals surface area (Å²) < 4.78 is 22.5. The van der Waals surface area contributed by atoms with Crippen molar-refractivity contribution in [2.45, 2.75) is 17.6 Å². The normalized spacial score (nSPS) is 11.6. The molecule has 0 aliphatic rings. The fourth-order valence-electron chi connectivity index (χ4n) is 4.16. The third-order valence-corrected chi connectivity index (χ3v) is 8.42. The van der Waals surface area contributed by atoms with E-state index in [9.17, 15) is 9.35 Å². The van der Waals surface area contributed by atoms with Gasteiger partial charge in [-0.1, -0.05) is 121 Å². The molecular weight excluding hydrogens is 512 g/mol. The first-order valence-electron chi connectivity index (χ1n) is 12.1. The SMILES string of the molecule is COC(=O)C[S+]([O-])C(c1ccccc1)c1ccccc1.COC(=S)C(C)(c1ccccc1)c1ccccc1. The minimum Gasteiger partial charge on any atom is -0.615 e. The van der Waals surface area contributed by atoms with E-state index in [0.717, 1.165) is 22.3 Å². The fourth-order valence-corrected chi connectivity index (χ4v) is 5.83. The van der Waals surface area contributed by atoms with Gasteiger partial charge in [0, 0.05) is 11.1 Å². The van der Waals surface area contributed by atoms with Gasteiger partial charge in [-0.05, 0) is 41.4 Å². The van der Waals surface area contributed by atoms with Crippen LogP contribution in [0.2, 0.25) is 0 Å². The van der Waals surface area contributed by atoms with Gasteiger partial charge in [-0.2, -0.15) is 0 Å². The maximum atomic E-state index is 12.5. The molecule has 0 aliphatic carbocycles. The maximum Gasteiger partial charge on any atom is 0.356 e. The Hall–Kier alpha value is -3.45. The highest BCUT2D eigenvalue weighted by molar-refractivity contribution is 7.92. The van der Waals surface area contributed by atoms with Crippen LogP contribution < -0.4 is 0 Å². The molecular formula is C32H32O4S2. The predicted molar refractivity (Wildman–Crippen MR) is 159 cm³/mol. The average Bonchev–Trinajstić information content (AvgIpc) is 2.98. The Balaban J connectivity index is 0.000000212. The van der Waals surface area contributed by atoms with Gasteiger partial charge in [0.1, 0.15) is 0 Å². The van der Waals surface area contributed by atoms with Gasteiger partial charge >= 0.3 is 5.97 Å². The first-order chi connectivity index (χ1) is 18.4. The molecule has 1 atom stereocenters. The van der Waals surface area contributed by atoms with Crippen molar-refractivity contribution in [3.05, 3.63) is 144 Å². The Morgan fingerprint density at radius 3 is 1.45 bits per heavy atom. The molecule has 0 amide bonds. The van der Waals surface area contributed by atoms with Crippen molar-refractivity contribution in [1.82, 2.24) is 0 Å². The molecule has 0 N–H and O–H groups in total. The van der Waals surface area contributed by atoms with E-state index in [4.69, 9.17) is 17.0 Å². The summed E-state index contributed by atoms with van der Waals surface area (Å²) in [6.45, 7) is 2.10. The van der Waals surface area contributed by atoms with Crippen LogP contribution in [0.3, 0.4) is 0 Å². The van der Waals surface area contributed by atoms with Crippen LogP contribution >= 0.6 is 12.2 Å². The third-order valence-electron chi connectivity index (χ3n) is 6.25. The Bertz CT molecular complexity index is 1190. The number of hydrogen-bond donors (Lipinski definition) is 0. The van der Waals surface area contributed by atoms with Gasteiger partial charge in [0.25, 0.3) is 0 Å². The molecule has 6 heteroatoms. The lowest BCUT2D eigenvalue weighted by Gasteiger charge is -2.30. The van der Waals surface area contributed by atoms with E-state index in [0.29, 0.717) is 5.05 Å². The van der Waals surface area contributed by atoms with Crippen LogP contribution in [0.25, 0.3) is 0 Å². The van der Waals surface area contributed by atoms with Crippen LogP contribution in [0.5, 0.6) is 0 Å². The maximum absolute atomic E-state index is 12.5. The van der Waals surface area contributed by atoms with E-state index < -0.39 is 22.6 Å². The van der Waals surface area contributed by atoms with E-state index in [1.54, 1.807) is 7.11 Å². The zero-order valence-electron chi connectivity index (χ0n) is 21.8. The molecule has 1 unspecified atom stereocenters. The number of methoxy groups -OCH3 is 2. The number of hydrogen-bond acceptors (Lipinski definition) is 5. The summed E-state index contributed by atoms with van der Waals surface area (Å²) in [5.41, 5.74) is 3.75. The first kappa shape index (κ1) is 29.1. The fraction of sp³-hybridized carbons (Fsp3) is 0.188. The largest absolute Gasteiger partial charge is 0.615 e. The van der Waals surface area contributed by atoms with Gasteiger partial charge < -0.3 is 14.0 Å². The van der Waals surface area contributed by atoms with Crippen molar-refractivity contribution in [3.63, 3.8) is 0 Å². The molecule has 0 aliphatic heterocycles. The molecule has 0 fully saturated rings. The second-order valence-corrected chi connectivity index (χ2v) is 10.5. The van der Waals surface area contributed by atoms with Gasteiger partial charge in [0.05, 0.1) is 19.6 Å². The molecule has 4 rings (SSSR count). The lowest BCUT2D eigenvalue weighted by atomic mass is 9.77. The van der Waals surface area contributed by atoms with Crippen molar-refractivity contribution < 1.29 is 18.8 Å². The zero-order valence-corrected chi connectivity index (χ0v) is 23.4. The van der Waals surface area contributed by atoms with Crippen molar-refractivity contribution in [3.8, 4) is 0 Å². The highest BCUT2D eigenvalue weighted by atomic mass is 32.2. The van der Waals surface area contributed by atoms with Crippen LogP contribution in [0.1, 0.15) is 34.4 Å². The Labute approximate surface area is 233 Å². The summed E-state index contributed by atoms with van der Waals surface area (Å²) in [7, 11) is 2.94. The minimum absolute atomic E-state index is 0.106. The lowest BCUT2D eigenvalue weighted by Crippen LogP contribution is -2.33. The standard InChI is InChI=1S/C16H16O3S.C16H16OS/c1-19-15(17)12-20(18)16(13-8-4-2-5-9-13)14-10-6-3-7-11-14;1-16(15(18)17-2,13-9-5-3-6-10-13)14-11-7-4-8-12-14/h2-11,16H,12H2,1H3;3-12H,1-2H3. The molecule has 4 aromatic carbocycles. The summed E-state index contributed by atoms with van der Waals surface area (Å²) in [5.74, 6) is -0.564. The molecule has 196 valence electrons. The molecule has 4 aromatic rings. The molecule has 0 saturated carbocycles. The molecule has 0 spiro atoms. The quantitative estimate of drug-likeness (QED) is 0.141. The highest BCUT2D eigenvalue weighted by Gasteiger charge is 2.34. The number of carbonyl (C=O) groups excluding carboxylic acids is 1. The van der Waals surface area contributed by atoms with E-state index in [2.05, 4.69) is 35.9 Å². The second-order valence-electron chi connectivity index (χ2n) is 8.65. The average molecular weight is 545 g/mol. The van der Waals surface area contributed by atoms with Gasteiger partial charge in [0.2, 0.25) is 5.75 Å². The van der Waals surface area contributed by atoms with Gasteiger partial charge in [-0.25, -0.2) is 4.79 Å². The Morgan fingerprint density at radius 2 is 1.11 bits per heavy atom. The van der Waals surface area contributed by atoms with Crippen molar-refractivity contribution in [1.29, 1.82) is 0 Å². The third kappa shape index (κ3) is 7.32. The van der Waals surface area contributed by atoms with Crippen molar-refractivity contribution >= 4 is 34.4 Å². The molecule has 0 radical (unpaired) electrons. The number of ether oxygens (including phenoxy) is 2. The zero-order chi connectivity index (χ0) is 27.4. The van der Waals surface area contributed by atoms with E-state index in [-0.39, 0.29) is 11.0 Å². The summed E-state index contributed by atoms with van der Waals surface area (Å²) in [6.07, 6.45) is 0. The number of rotatable bonds is 8. The molecule has 38 heavy (non-hydrogen) atoms. The summed E-state index contributed by atoms with van der Waals surface area (Å²) in [5, 5.41) is 0.261. The summed E-state index contributed by atoms with van der Waals surface area (Å²) >= 11 is 4.07. The summed E-state index contributed by atoms with van der Waals surface area (Å²) in [4.78, 5) is 11.4. The van der Waals surface area contributed by atoms with Crippen LogP contribution in [0.15, 0.2) is 121 Å². The number of benzene rings is 4.